The van der Waals surface area contributed by atoms with Gasteiger partial charge in [-0.3, -0.25) is 9.59 Å². The van der Waals surface area contributed by atoms with Crippen molar-refractivity contribution < 1.29 is 18.0 Å². The van der Waals surface area contributed by atoms with Gasteiger partial charge < -0.3 is 9.88 Å². The Kier molecular flexibility index (Phi) is 8.44. The molecule has 2 N–H and O–H groups in total. The molecule has 2 amide bonds. The van der Waals surface area contributed by atoms with Gasteiger partial charge in [0.1, 0.15) is 6.54 Å². The molecule has 1 aliphatic carbocycles. The van der Waals surface area contributed by atoms with Crippen molar-refractivity contribution in [3.8, 4) is 21.8 Å². The van der Waals surface area contributed by atoms with Gasteiger partial charge in [-0.05, 0) is 80.5 Å². The number of amides is 2. The molecule has 0 saturated heterocycles. The number of aryl methyl sites for hydroxylation is 2. The molecule has 0 radical (unpaired) electrons. The van der Waals surface area contributed by atoms with Crippen LogP contribution in [0, 0.1) is 13.8 Å². The molecule has 11 heteroatoms. The number of rotatable bonds is 3. The average molecular weight is 668 g/mol. The Balaban J connectivity index is 1.42. The number of hydrogen-bond acceptors (Lipinski definition) is 7. The molecule has 242 valence electrons. The number of sulfonamides is 1. The fourth-order valence-electron chi connectivity index (χ4n) is 7.01. The summed E-state index contributed by atoms with van der Waals surface area (Å²) in [6, 6.07) is 15.7. The van der Waals surface area contributed by atoms with E-state index in [1.165, 1.54) is 18.1 Å². The number of nitrogens with one attached hydrogen (secondary N) is 2. The number of nitrogens with zero attached hydrogens (tertiary/aromatic N) is 3. The van der Waals surface area contributed by atoms with E-state index in [0.29, 0.717) is 13.0 Å². The molecule has 3 aromatic heterocycles. The van der Waals surface area contributed by atoms with Crippen molar-refractivity contribution >= 4 is 55.0 Å². The summed E-state index contributed by atoms with van der Waals surface area (Å²) in [6.07, 6.45) is 9.21. The SMILES string of the molecule is Cc1nc(C)c(-c2ccc3cc(-c4c(C5CCCCC5)c5ccc6cc5n4CC(=O)NCC/C=C\CS(=O)(=O)NC6=O)ccc3n2)s1. The minimum absolute atomic E-state index is 0.0604. The Morgan fingerprint density at radius 2 is 1.72 bits per heavy atom. The normalized spacial score (nSPS) is 18.5. The summed E-state index contributed by atoms with van der Waals surface area (Å²) in [5, 5.41) is 5.97. The molecule has 5 aromatic rings. The van der Waals surface area contributed by atoms with E-state index >= 15 is 0 Å². The second-order valence-electron chi connectivity index (χ2n) is 12.5. The third kappa shape index (κ3) is 6.34. The van der Waals surface area contributed by atoms with Gasteiger partial charge in [0.05, 0.1) is 43.8 Å². The lowest BCUT2D eigenvalue weighted by atomic mass is 9.81. The van der Waals surface area contributed by atoms with Gasteiger partial charge >= 0.3 is 0 Å². The zero-order chi connectivity index (χ0) is 32.7. The van der Waals surface area contributed by atoms with E-state index in [2.05, 4.69) is 33.2 Å². The van der Waals surface area contributed by atoms with Crippen molar-refractivity contribution in [1.82, 2.24) is 24.6 Å². The molecule has 1 saturated carbocycles. The summed E-state index contributed by atoms with van der Waals surface area (Å²) in [7, 11) is -3.87. The zero-order valence-electron chi connectivity index (χ0n) is 26.5. The van der Waals surface area contributed by atoms with Crippen LogP contribution in [0.4, 0.5) is 0 Å². The van der Waals surface area contributed by atoms with Gasteiger partial charge in [0.25, 0.3) is 5.91 Å². The first-order valence-electron chi connectivity index (χ1n) is 16.1. The maximum absolute atomic E-state index is 13.5. The number of aromatic nitrogens is 3. The first-order valence-corrected chi connectivity index (χ1v) is 18.6. The summed E-state index contributed by atoms with van der Waals surface area (Å²) in [6.45, 7) is 4.45. The highest BCUT2D eigenvalue weighted by Crippen LogP contribution is 2.45. The summed E-state index contributed by atoms with van der Waals surface area (Å²) in [4.78, 5) is 37.3. The van der Waals surface area contributed by atoms with E-state index in [1.54, 1.807) is 29.5 Å². The van der Waals surface area contributed by atoms with Gasteiger partial charge in [-0.15, -0.1) is 11.3 Å². The van der Waals surface area contributed by atoms with Gasteiger partial charge in [0.15, 0.2) is 0 Å². The molecule has 1 fully saturated rings. The standard InChI is InChI=1S/C36H37N5O4S2/c1-22-35(46-23(2)38-22)30-16-12-25-19-26(13-15-29(25)39-30)34-33(24-9-5-3-6-10-24)28-14-11-27-20-31(28)41(34)21-32(42)37-17-7-4-8-18-47(44,45)40-36(27)43/h4,8,11-16,19-20,24H,3,5-7,9-10,17-18,21H2,1-2H3,(H,37,42)(H,40,43)/b8-4-. The molecule has 2 bridgehead atoms. The van der Waals surface area contributed by atoms with Gasteiger partial charge in [0, 0.05) is 22.9 Å². The molecule has 1 aliphatic heterocycles. The molecular formula is C36H37N5O4S2. The van der Waals surface area contributed by atoms with Crippen molar-refractivity contribution in [2.75, 3.05) is 12.3 Å². The summed E-state index contributed by atoms with van der Waals surface area (Å²) in [5.41, 5.74) is 6.80. The number of thiazole rings is 1. The Morgan fingerprint density at radius 1 is 0.915 bits per heavy atom. The molecule has 4 heterocycles. The van der Waals surface area contributed by atoms with Gasteiger partial charge in [-0.1, -0.05) is 49.6 Å². The fraction of sp³-hybridized carbons (Fsp3) is 0.333. The van der Waals surface area contributed by atoms with Crippen LogP contribution in [0.15, 0.2) is 60.7 Å². The Morgan fingerprint density at radius 3 is 2.51 bits per heavy atom. The molecule has 0 unspecified atom stereocenters. The van der Waals surface area contributed by atoms with Crippen molar-refractivity contribution in [2.24, 2.45) is 0 Å². The number of hydrogen-bond donors (Lipinski definition) is 2. The molecule has 9 nitrogen and oxygen atoms in total. The predicted octanol–water partition coefficient (Wildman–Crippen LogP) is 6.78. The number of benzene rings is 2. The topological polar surface area (TPSA) is 123 Å². The summed E-state index contributed by atoms with van der Waals surface area (Å²) >= 11 is 1.64. The van der Waals surface area contributed by atoms with Gasteiger partial charge in [-0.25, -0.2) is 23.1 Å². The Labute approximate surface area is 278 Å². The van der Waals surface area contributed by atoms with E-state index in [-0.39, 0.29) is 29.7 Å². The number of carbonyl (C=O) groups is 2. The average Bonchev–Trinajstić information content (AvgIpc) is 3.57. The van der Waals surface area contributed by atoms with Crippen LogP contribution in [0.2, 0.25) is 0 Å². The molecule has 7 rings (SSSR count). The van der Waals surface area contributed by atoms with Crippen molar-refractivity contribution in [1.29, 1.82) is 0 Å². The van der Waals surface area contributed by atoms with Crippen LogP contribution in [0.1, 0.15) is 71.1 Å². The van der Waals surface area contributed by atoms with Crippen LogP contribution >= 0.6 is 11.3 Å². The molecule has 2 aliphatic rings. The van der Waals surface area contributed by atoms with Gasteiger partial charge in [-0.2, -0.15) is 0 Å². The summed E-state index contributed by atoms with van der Waals surface area (Å²) in [5.74, 6) is -0.864. The molecule has 2 aromatic carbocycles. The Bertz CT molecular complexity index is 2170. The minimum atomic E-state index is -3.87. The number of fused-ring (bicyclic) bond motifs is 2. The van der Waals surface area contributed by atoms with Crippen LogP contribution < -0.4 is 10.0 Å². The van der Waals surface area contributed by atoms with Crippen LogP contribution in [-0.4, -0.2) is 47.1 Å². The van der Waals surface area contributed by atoms with E-state index < -0.39 is 15.9 Å². The molecular weight excluding hydrogens is 631 g/mol. The predicted molar refractivity (Wildman–Crippen MR) is 187 cm³/mol. The van der Waals surface area contributed by atoms with Crippen LogP contribution in [0.3, 0.4) is 0 Å². The van der Waals surface area contributed by atoms with E-state index in [1.807, 2.05) is 36.6 Å². The minimum Gasteiger partial charge on any atom is -0.354 e. The highest BCUT2D eigenvalue weighted by molar-refractivity contribution is 7.90. The molecule has 0 atom stereocenters. The van der Waals surface area contributed by atoms with Gasteiger partial charge in [0.2, 0.25) is 15.9 Å². The van der Waals surface area contributed by atoms with E-state index in [0.717, 1.165) is 80.0 Å². The third-order valence-corrected chi connectivity index (χ3v) is 11.4. The molecule has 47 heavy (non-hydrogen) atoms. The maximum atomic E-state index is 13.5. The number of carbonyl (C=O) groups excluding carboxylic acids is 2. The van der Waals surface area contributed by atoms with Crippen LogP contribution in [-0.2, 0) is 21.4 Å². The van der Waals surface area contributed by atoms with Crippen LogP contribution in [0.25, 0.3) is 43.6 Å². The van der Waals surface area contributed by atoms with Crippen molar-refractivity contribution in [3.05, 3.63) is 82.5 Å². The van der Waals surface area contributed by atoms with Crippen LogP contribution in [0.5, 0.6) is 0 Å². The second kappa shape index (κ2) is 12.7. The molecule has 0 spiro atoms. The summed E-state index contributed by atoms with van der Waals surface area (Å²) < 4.78 is 29.5. The number of pyridine rings is 1. The van der Waals surface area contributed by atoms with E-state index in [4.69, 9.17) is 4.98 Å². The largest absolute Gasteiger partial charge is 0.354 e. The zero-order valence-corrected chi connectivity index (χ0v) is 28.1. The van der Waals surface area contributed by atoms with E-state index in [9.17, 15) is 18.0 Å². The highest BCUT2D eigenvalue weighted by atomic mass is 32.2. The smallest absolute Gasteiger partial charge is 0.264 e. The van der Waals surface area contributed by atoms with Crippen molar-refractivity contribution in [2.45, 2.75) is 64.8 Å². The fourth-order valence-corrected chi connectivity index (χ4v) is 8.78. The lowest BCUT2D eigenvalue weighted by Gasteiger charge is -2.24. The first-order chi connectivity index (χ1) is 22.7. The second-order valence-corrected chi connectivity index (χ2v) is 15.5. The Hall–Kier alpha value is -4.35. The lowest BCUT2D eigenvalue weighted by molar-refractivity contribution is -0.121. The third-order valence-electron chi connectivity index (χ3n) is 9.14. The lowest BCUT2D eigenvalue weighted by Crippen LogP contribution is -2.32. The monoisotopic (exact) mass is 667 g/mol. The maximum Gasteiger partial charge on any atom is 0.264 e. The van der Waals surface area contributed by atoms with Crippen molar-refractivity contribution in [3.63, 3.8) is 0 Å². The quantitative estimate of drug-likeness (QED) is 0.205. The first kappa shape index (κ1) is 31.3. The highest BCUT2D eigenvalue weighted by Gasteiger charge is 2.28.